The van der Waals surface area contributed by atoms with Gasteiger partial charge in [-0.05, 0) is 49.9 Å². The van der Waals surface area contributed by atoms with E-state index in [1.54, 1.807) is 0 Å². The van der Waals surface area contributed by atoms with Crippen LogP contribution in [0.1, 0.15) is 49.7 Å². The second kappa shape index (κ2) is 6.53. The highest BCUT2D eigenvalue weighted by Crippen LogP contribution is 2.21. The van der Waals surface area contributed by atoms with E-state index in [-0.39, 0.29) is 0 Å². The van der Waals surface area contributed by atoms with Crippen LogP contribution in [0.5, 0.6) is 0 Å². The average molecular weight is 258 g/mol. The van der Waals surface area contributed by atoms with Crippen molar-refractivity contribution in [2.75, 3.05) is 13.1 Å². The van der Waals surface area contributed by atoms with Crippen molar-refractivity contribution >= 4 is 0 Å². The van der Waals surface area contributed by atoms with Crippen molar-refractivity contribution in [3.8, 4) is 0 Å². The van der Waals surface area contributed by atoms with Crippen molar-refractivity contribution in [1.82, 2.24) is 10.2 Å². The van der Waals surface area contributed by atoms with E-state index >= 15 is 0 Å². The Morgan fingerprint density at radius 1 is 0.947 bits per heavy atom. The number of hydrogen-bond donors (Lipinski definition) is 1. The number of rotatable bonds is 5. The van der Waals surface area contributed by atoms with Crippen LogP contribution in [0.3, 0.4) is 0 Å². The van der Waals surface area contributed by atoms with Gasteiger partial charge >= 0.3 is 0 Å². The third-order valence-electron chi connectivity index (χ3n) is 4.37. The second-order valence-corrected chi connectivity index (χ2v) is 6.11. The molecule has 0 radical (unpaired) electrons. The topological polar surface area (TPSA) is 15.3 Å². The van der Waals surface area contributed by atoms with Crippen LogP contribution in [-0.4, -0.2) is 24.0 Å². The maximum absolute atomic E-state index is 3.64. The first kappa shape index (κ1) is 13.1. The highest BCUT2D eigenvalue weighted by Gasteiger charge is 2.20. The highest BCUT2D eigenvalue weighted by atomic mass is 15.1. The Bertz CT molecular complexity index is 390. The standard InChI is InChI=1S/C17H26N2/c1-2-6-12-19(11-5-1)14-16-8-4-3-7-15(16)13-18-17-9-10-17/h3-4,7-8,17-18H,1-2,5-6,9-14H2. The number of likely N-dealkylation sites (tertiary alicyclic amines) is 1. The third kappa shape index (κ3) is 4.05. The van der Waals surface area contributed by atoms with E-state index in [9.17, 15) is 0 Å². The van der Waals surface area contributed by atoms with Crippen molar-refractivity contribution in [3.05, 3.63) is 35.4 Å². The lowest BCUT2D eigenvalue weighted by molar-refractivity contribution is 0.276. The molecule has 1 N–H and O–H groups in total. The van der Waals surface area contributed by atoms with Crippen LogP contribution in [0.15, 0.2) is 24.3 Å². The van der Waals surface area contributed by atoms with E-state index in [1.165, 1.54) is 62.7 Å². The lowest BCUT2D eigenvalue weighted by atomic mass is 10.1. The molecule has 2 heteroatoms. The van der Waals surface area contributed by atoms with Crippen molar-refractivity contribution in [3.63, 3.8) is 0 Å². The van der Waals surface area contributed by atoms with Crippen LogP contribution >= 0.6 is 0 Å². The van der Waals surface area contributed by atoms with Gasteiger partial charge in [-0.1, -0.05) is 37.1 Å². The van der Waals surface area contributed by atoms with Crippen molar-refractivity contribution in [2.24, 2.45) is 0 Å². The molecule has 1 aliphatic carbocycles. The Labute approximate surface area is 117 Å². The molecule has 2 fully saturated rings. The average Bonchev–Trinajstić information content (AvgIpc) is 3.25. The zero-order valence-electron chi connectivity index (χ0n) is 11.9. The Hall–Kier alpha value is -0.860. The molecule has 1 saturated carbocycles. The summed E-state index contributed by atoms with van der Waals surface area (Å²) in [4.78, 5) is 2.64. The molecule has 0 unspecified atom stereocenters. The fraction of sp³-hybridized carbons (Fsp3) is 0.647. The van der Waals surface area contributed by atoms with Crippen LogP contribution < -0.4 is 5.32 Å². The molecule has 1 heterocycles. The van der Waals surface area contributed by atoms with Gasteiger partial charge in [-0.25, -0.2) is 0 Å². The van der Waals surface area contributed by atoms with E-state index < -0.39 is 0 Å². The maximum Gasteiger partial charge on any atom is 0.0236 e. The minimum Gasteiger partial charge on any atom is -0.310 e. The summed E-state index contributed by atoms with van der Waals surface area (Å²) in [5, 5.41) is 3.64. The Morgan fingerprint density at radius 2 is 1.63 bits per heavy atom. The molecule has 2 nitrogen and oxygen atoms in total. The van der Waals surface area contributed by atoms with Crippen LogP contribution in [0, 0.1) is 0 Å². The number of benzene rings is 1. The molecule has 2 aliphatic rings. The molecule has 1 saturated heterocycles. The SMILES string of the molecule is c1ccc(CN2CCCCCC2)c(CNC2CC2)c1. The van der Waals surface area contributed by atoms with Gasteiger partial charge in [0.1, 0.15) is 0 Å². The monoisotopic (exact) mass is 258 g/mol. The second-order valence-electron chi connectivity index (χ2n) is 6.11. The molecular formula is C17H26N2. The zero-order valence-corrected chi connectivity index (χ0v) is 11.9. The van der Waals surface area contributed by atoms with Crippen molar-refractivity contribution < 1.29 is 0 Å². The smallest absolute Gasteiger partial charge is 0.0236 e. The van der Waals surface area contributed by atoms with Gasteiger partial charge in [0.25, 0.3) is 0 Å². The summed E-state index contributed by atoms with van der Waals surface area (Å²) >= 11 is 0. The van der Waals surface area contributed by atoms with Gasteiger partial charge in [0.05, 0.1) is 0 Å². The van der Waals surface area contributed by atoms with Gasteiger partial charge in [0, 0.05) is 19.1 Å². The van der Waals surface area contributed by atoms with E-state index in [1.807, 2.05) is 0 Å². The van der Waals surface area contributed by atoms with Gasteiger partial charge in [-0.15, -0.1) is 0 Å². The molecule has 1 aromatic rings. The minimum absolute atomic E-state index is 0.797. The molecular weight excluding hydrogens is 232 g/mol. The van der Waals surface area contributed by atoms with Crippen LogP contribution in [0.4, 0.5) is 0 Å². The van der Waals surface area contributed by atoms with Gasteiger partial charge < -0.3 is 5.32 Å². The first-order valence-corrected chi connectivity index (χ1v) is 7.94. The Balaban J connectivity index is 1.61. The minimum atomic E-state index is 0.797. The summed E-state index contributed by atoms with van der Waals surface area (Å²) in [6.45, 7) is 4.76. The normalized spacial score (nSPS) is 21.3. The van der Waals surface area contributed by atoms with Crippen molar-refractivity contribution in [2.45, 2.75) is 57.7 Å². The summed E-state index contributed by atoms with van der Waals surface area (Å²) in [5.74, 6) is 0. The first-order valence-electron chi connectivity index (χ1n) is 7.94. The number of hydrogen-bond acceptors (Lipinski definition) is 2. The summed E-state index contributed by atoms with van der Waals surface area (Å²) in [7, 11) is 0. The van der Waals surface area contributed by atoms with Gasteiger partial charge in [-0.3, -0.25) is 4.90 Å². The molecule has 104 valence electrons. The first-order chi connectivity index (χ1) is 9.42. The van der Waals surface area contributed by atoms with E-state index in [0.717, 1.165) is 19.1 Å². The molecule has 0 aromatic heterocycles. The molecule has 0 spiro atoms. The molecule has 0 bridgehead atoms. The summed E-state index contributed by atoms with van der Waals surface area (Å²) in [6.07, 6.45) is 8.33. The van der Waals surface area contributed by atoms with Crippen LogP contribution in [0.2, 0.25) is 0 Å². The van der Waals surface area contributed by atoms with Crippen molar-refractivity contribution in [1.29, 1.82) is 0 Å². The fourth-order valence-corrected chi connectivity index (χ4v) is 2.96. The van der Waals surface area contributed by atoms with E-state index in [4.69, 9.17) is 0 Å². The quantitative estimate of drug-likeness (QED) is 0.871. The molecule has 0 amide bonds. The van der Waals surface area contributed by atoms with Gasteiger partial charge in [0.2, 0.25) is 0 Å². The van der Waals surface area contributed by atoms with Gasteiger partial charge in [-0.2, -0.15) is 0 Å². The number of nitrogens with zero attached hydrogens (tertiary/aromatic N) is 1. The highest BCUT2D eigenvalue weighted by molar-refractivity contribution is 5.27. The van der Waals surface area contributed by atoms with E-state index in [2.05, 4.69) is 34.5 Å². The zero-order chi connectivity index (χ0) is 12.9. The molecule has 1 aliphatic heterocycles. The number of nitrogens with one attached hydrogen (secondary N) is 1. The van der Waals surface area contributed by atoms with Gasteiger partial charge in [0.15, 0.2) is 0 Å². The lowest BCUT2D eigenvalue weighted by Crippen LogP contribution is -2.25. The fourth-order valence-electron chi connectivity index (χ4n) is 2.96. The largest absolute Gasteiger partial charge is 0.310 e. The molecule has 3 rings (SSSR count). The lowest BCUT2D eigenvalue weighted by Gasteiger charge is -2.21. The predicted molar refractivity (Wildman–Crippen MR) is 80.0 cm³/mol. The maximum atomic E-state index is 3.64. The van der Waals surface area contributed by atoms with E-state index in [0.29, 0.717) is 0 Å². The van der Waals surface area contributed by atoms with Crippen LogP contribution in [0.25, 0.3) is 0 Å². The predicted octanol–water partition coefficient (Wildman–Crippen LogP) is 3.31. The molecule has 19 heavy (non-hydrogen) atoms. The molecule has 0 atom stereocenters. The Kier molecular flexibility index (Phi) is 4.52. The third-order valence-corrected chi connectivity index (χ3v) is 4.37. The van der Waals surface area contributed by atoms with Crippen LogP contribution in [-0.2, 0) is 13.1 Å². The summed E-state index contributed by atoms with van der Waals surface area (Å²) in [5.41, 5.74) is 3.02. The molecule has 1 aromatic carbocycles. The Morgan fingerprint density at radius 3 is 2.32 bits per heavy atom. The summed E-state index contributed by atoms with van der Waals surface area (Å²) < 4.78 is 0. The summed E-state index contributed by atoms with van der Waals surface area (Å²) in [6, 6.07) is 9.77.